The van der Waals surface area contributed by atoms with Gasteiger partial charge in [-0.2, -0.15) is 0 Å². The number of amides is 2. The predicted octanol–water partition coefficient (Wildman–Crippen LogP) is 2.46. The summed E-state index contributed by atoms with van der Waals surface area (Å²) in [6, 6.07) is 7.84. The SMILES string of the molecule is Cc1cccc(NC(=O)N(C)CC2CCCNC2)c1. The average molecular weight is 261 g/mol. The molecular formula is C15H23N3O. The smallest absolute Gasteiger partial charge is 0.321 e. The second-order valence-corrected chi connectivity index (χ2v) is 5.39. The number of benzene rings is 1. The minimum Gasteiger partial charge on any atom is -0.327 e. The van der Waals surface area contributed by atoms with Gasteiger partial charge in [-0.1, -0.05) is 12.1 Å². The molecule has 4 heteroatoms. The molecule has 1 unspecified atom stereocenters. The first-order chi connectivity index (χ1) is 9.15. The molecule has 104 valence electrons. The molecule has 0 saturated carbocycles. The van der Waals surface area contributed by atoms with E-state index in [1.54, 1.807) is 4.90 Å². The normalized spacial score (nSPS) is 18.9. The molecule has 0 aliphatic carbocycles. The van der Waals surface area contributed by atoms with Gasteiger partial charge in [0, 0.05) is 19.3 Å². The van der Waals surface area contributed by atoms with Crippen LogP contribution < -0.4 is 10.6 Å². The number of anilines is 1. The Balaban J connectivity index is 1.84. The van der Waals surface area contributed by atoms with Crippen molar-refractivity contribution in [2.24, 2.45) is 5.92 Å². The molecule has 1 aromatic carbocycles. The van der Waals surface area contributed by atoms with Crippen molar-refractivity contribution in [1.29, 1.82) is 0 Å². The summed E-state index contributed by atoms with van der Waals surface area (Å²) in [5, 5.41) is 6.32. The van der Waals surface area contributed by atoms with Crippen LogP contribution in [-0.4, -0.2) is 37.6 Å². The summed E-state index contributed by atoms with van der Waals surface area (Å²) < 4.78 is 0. The molecule has 2 amide bonds. The van der Waals surface area contributed by atoms with Crippen LogP contribution in [0.4, 0.5) is 10.5 Å². The number of hydrogen-bond acceptors (Lipinski definition) is 2. The van der Waals surface area contributed by atoms with Crippen molar-refractivity contribution in [3.8, 4) is 0 Å². The molecule has 1 aliphatic rings. The van der Waals surface area contributed by atoms with Crippen LogP contribution in [0.1, 0.15) is 18.4 Å². The quantitative estimate of drug-likeness (QED) is 0.878. The Morgan fingerprint density at radius 1 is 1.53 bits per heavy atom. The van der Waals surface area contributed by atoms with Crippen molar-refractivity contribution < 1.29 is 4.79 Å². The summed E-state index contributed by atoms with van der Waals surface area (Å²) in [5.41, 5.74) is 2.01. The van der Waals surface area contributed by atoms with Gasteiger partial charge in [-0.05, 0) is 56.5 Å². The van der Waals surface area contributed by atoms with Crippen molar-refractivity contribution in [2.45, 2.75) is 19.8 Å². The number of aryl methyl sites for hydroxylation is 1. The van der Waals surface area contributed by atoms with E-state index in [1.807, 2.05) is 38.2 Å². The summed E-state index contributed by atoms with van der Waals surface area (Å²) in [5.74, 6) is 0.571. The lowest BCUT2D eigenvalue weighted by molar-refractivity contribution is 0.207. The van der Waals surface area contributed by atoms with E-state index in [-0.39, 0.29) is 6.03 Å². The van der Waals surface area contributed by atoms with E-state index in [1.165, 1.54) is 12.8 Å². The maximum Gasteiger partial charge on any atom is 0.321 e. The van der Waals surface area contributed by atoms with Crippen LogP contribution in [-0.2, 0) is 0 Å². The fourth-order valence-electron chi connectivity index (χ4n) is 2.49. The lowest BCUT2D eigenvalue weighted by Crippen LogP contribution is -2.40. The average Bonchev–Trinajstić information content (AvgIpc) is 2.40. The molecule has 1 saturated heterocycles. The molecule has 0 spiro atoms. The zero-order valence-electron chi connectivity index (χ0n) is 11.8. The van der Waals surface area contributed by atoms with Gasteiger partial charge in [0.25, 0.3) is 0 Å². The first-order valence-corrected chi connectivity index (χ1v) is 6.94. The number of piperidine rings is 1. The molecule has 1 aliphatic heterocycles. The number of rotatable bonds is 3. The molecule has 2 N–H and O–H groups in total. The van der Waals surface area contributed by atoms with Crippen LogP contribution in [0.2, 0.25) is 0 Å². The zero-order chi connectivity index (χ0) is 13.7. The van der Waals surface area contributed by atoms with Gasteiger partial charge in [0.1, 0.15) is 0 Å². The van der Waals surface area contributed by atoms with Crippen LogP contribution in [0, 0.1) is 12.8 Å². The number of nitrogens with one attached hydrogen (secondary N) is 2. The molecule has 1 aromatic rings. The number of carbonyl (C=O) groups is 1. The van der Waals surface area contributed by atoms with Gasteiger partial charge in [0.2, 0.25) is 0 Å². The highest BCUT2D eigenvalue weighted by Crippen LogP contribution is 2.13. The third kappa shape index (κ3) is 4.24. The maximum absolute atomic E-state index is 12.1. The zero-order valence-corrected chi connectivity index (χ0v) is 11.8. The molecule has 19 heavy (non-hydrogen) atoms. The van der Waals surface area contributed by atoms with Gasteiger partial charge < -0.3 is 15.5 Å². The first-order valence-electron chi connectivity index (χ1n) is 6.94. The Morgan fingerprint density at radius 2 is 2.37 bits per heavy atom. The molecule has 1 atom stereocenters. The van der Waals surface area contributed by atoms with Crippen LogP contribution in [0.25, 0.3) is 0 Å². The van der Waals surface area contributed by atoms with Gasteiger partial charge >= 0.3 is 6.03 Å². The standard InChI is InChI=1S/C15H23N3O/c1-12-5-3-7-14(9-12)17-15(19)18(2)11-13-6-4-8-16-10-13/h3,5,7,9,13,16H,4,6,8,10-11H2,1-2H3,(H,17,19). The van der Waals surface area contributed by atoms with Gasteiger partial charge in [-0.15, -0.1) is 0 Å². The Labute approximate surface area is 115 Å². The van der Waals surface area contributed by atoms with Gasteiger partial charge in [0.15, 0.2) is 0 Å². The fraction of sp³-hybridized carbons (Fsp3) is 0.533. The highest BCUT2D eigenvalue weighted by Gasteiger charge is 2.17. The van der Waals surface area contributed by atoms with E-state index >= 15 is 0 Å². The molecule has 0 bridgehead atoms. The first kappa shape index (κ1) is 13.9. The number of hydrogen-bond donors (Lipinski definition) is 2. The molecule has 1 fully saturated rings. The van der Waals surface area contributed by atoms with Gasteiger partial charge in [-0.25, -0.2) is 4.79 Å². The van der Waals surface area contributed by atoms with Crippen molar-refractivity contribution in [3.05, 3.63) is 29.8 Å². The van der Waals surface area contributed by atoms with Crippen LogP contribution in [0.5, 0.6) is 0 Å². The summed E-state index contributed by atoms with van der Waals surface area (Å²) in [6.45, 7) is 4.95. The third-order valence-electron chi connectivity index (χ3n) is 3.55. The van der Waals surface area contributed by atoms with E-state index < -0.39 is 0 Å². The van der Waals surface area contributed by atoms with E-state index in [2.05, 4.69) is 10.6 Å². The Kier molecular flexibility index (Phi) is 4.80. The van der Waals surface area contributed by atoms with Crippen molar-refractivity contribution in [2.75, 3.05) is 32.0 Å². The number of carbonyl (C=O) groups excluding carboxylic acids is 1. The second-order valence-electron chi connectivity index (χ2n) is 5.39. The highest BCUT2D eigenvalue weighted by atomic mass is 16.2. The monoisotopic (exact) mass is 261 g/mol. The van der Waals surface area contributed by atoms with E-state index in [0.29, 0.717) is 5.92 Å². The maximum atomic E-state index is 12.1. The van der Waals surface area contributed by atoms with Crippen molar-refractivity contribution >= 4 is 11.7 Å². The lowest BCUT2D eigenvalue weighted by atomic mass is 9.99. The molecule has 0 radical (unpaired) electrons. The number of urea groups is 1. The van der Waals surface area contributed by atoms with Crippen LogP contribution in [0.3, 0.4) is 0 Å². The minimum absolute atomic E-state index is 0.0313. The molecular weight excluding hydrogens is 238 g/mol. The Hall–Kier alpha value is -1.55. The molecule has 0 aromatic heterocycles. The second kappa shape index (κ2) is 6.57. The van der Waals surface area contributed by atoms with Crippen LogP contribution >= 0.6 is 0 Å². The van der Waals surface area contributed by atoms with E-state index in [0.717, 1.165) is 30.9 Å². The van der Waals surface area contributed by atoms with E-state index in [9.17, 15) is 4.79 Å². The van der Waals surface area contributed by atoms with Gasteiger partial charge in [-0.3, -0.25) is 0 Å². The lowest BCUT2D eigenvalue weighted by Gasteiger charge is -2.27. The largest absolute Gasteiger partial charge is 0.327 e. The van der Waals surface area contributed by atoms with Crippen LogP contribution in [0.15, 0.2) is 24.3 Å². The molecule has 1 heterocycles. The molecule has 4 nitrogen and oxygen atoms in total. The van der Waals surface area contributed by atoms with Gasteiger partial charge in [0.05, 0.1) is 0 Å². The van der Waals surface area contributed by atoms with Crippen molar-refractivity contribution in [3.63, 3.8) is 0 Å². The predicted molar refractivity (Wildman–Crippen MR) is 78.4 cm³/mol. The van der Waals surface area contributed by atoms with E-state index in [4.69, 9.17) is 0 Å². The fourth-order valence-corrected chi connectivity index (χ4v) is 2.49. The third-order valence-corrected chi connectivity index (χ3v) is 3.55. The number of nitrogens with zero attached hydrogens (tertiary/aromatic N) is 1. The highest BCUT2D eigenvalue weighted by molar-refractivity contribution is 5.89. The Bertz CT molecular complexity index is 427. The van der Waals surface area contributed by atoms with Crippen molar-refractivity contribution in [1.82, 2.24) is 10.2 Å². The summed E-state index contributed by atoms with van der Waals surface area (Å²) in [4.78, 5) is 13.9. The summed E-state index contributed by atoms with van der Waals surface area (Å²) >= 11 is 0. The Morgan fingerprint density at radius 3 is 3.05 bits per heavy atom. The topological polar surface area (TPSA) is 44.4 Å². The summed E-state index contributed by atoms with van der Waals surface area (Å²) in [6.07, 6.45) is 2.41. The summed E-state index contributed by atoms with van der Waals surface area (Å²) in [7, 11) is 1.86. The molecule has 2 rings (SSSR count). The minimum atomic E-state index is -0.0313.